The molecule has 1 fully saturated rings. The van der Waals surface area contributed by atoms with Gasteiger partial charge >= 0.3 is 5.97 Å². The summed E-state index contributed by atoms with van der Waals surface area (Å²) in [6.45, 7) is 7.17. The molecule has 0 unspecified atom stereocenters. The summed E-state index contributed by atoms with van der Waals surface area (Å²) in [4.78, 5) is 15.1. The molecule has 1 saturated carbocycles. The topological polar surface area (TPSA) is 30.7 Å². The maximum absolute atomic E-state index is 11.5. The Morgan fingerprint density at radius 3 is 2.67 bits per heavy atom. The summed E-state index contributed by atoms with van der Waals surface area (Å²) in [5.74, 6) is -0.361. The minimum atomic E-state index is -0.454. The van der Waals surface area contributed by atoms with E-state index in [0.29, 0.717) is 5.56 Å². The van der Waals surface area contributed by atoms with Crippen molar-refractivity contribution in [1.82, 2.24) is 0 Å². The fourth-order valence-electron chi connectivity index (χ4n) is 1.74. The Balaban J connectivity index is 2.49. The van der Waals surface area contributed by atoms with Gasteiger partial charge in [-0.05, 0) is 6.07 Å². The lowest BCUT2D eigenvalue weighted by molar-refractivity contribution is 0.0599. The minimum absolute atomic E-state index is 0.361. The number of benzene rings is 1. The Morgan fingerprint density at radius 1 is 1.47 bits per heavy atom. The van der Waals surface area contributed by atoms with Gasteiger partial charge in [-0.3, -0.25) is 0 Å². The van der Waals surface area contributed by atoms with Crippen molar-refractivity contribution in [2.24, 2.45) is 0 Å². The number of hydrogen-bond acceptors (Lipinski definition) is 2. The van der Waals surface area contributed by atoms with Crippen LogP contribution in [-0.2, 0) is 10.3 Å². The fraction of sp³-hybridized carbons (Fsp3) is 0.333. The first-order valence-corrected chi connectivity index (χ1v) is 4.80. The molecular weight excluding hydrogens is 190 g/mol. The Labute approximate surface area is 88.5 Å². The molecule has 3 nitrogen and oxygen atoms in total. The van der Waals surface area contributed by atoms with Crippen molar-refractivity contribution in [3.8, 4) is 0 Å². The summed E-state index contributed by atoms with van der Waals surface area (Å²) in [5.41, 5.74) is 0.880. The molecule has 0 N–H and O–H groups in total. The summed E-state index contributed by atoms with van der Waals surface area (Å²) in [6, 6.07) is 7.20. The van der Waals surface area contributed by atoms with Gasteiger partial charge in [0, 0.05) is 12.8 Å². The van der Waals surface area contributed by atoms with Crippen molar-refractivity contribution < 1.29 is 9.53 Å². The minimum Gasteiger partial charge on any atom is -0.465 e. The predicted molar refractivity (Wildman–Crippen MR) is 55.3 cm³/mol. The molecule has 0 aliphatic heterocycles. The van der Waals surface area contributed by atoms with Crippen LogP contribution in [0.15, 0.2) is 24.3 Å². The van der Waals surface area contributed by atoms with Crippen molar-refractivity contribution >= 4 is 5.97 Å². The molecule has 0 bridgehead atoms. The molecule has 2 rings (SSSR count). The van der Waals surface area contributed by atoms with Gasteiger partial charge in [0.2, 0.25) is 0 Å². The highest BCUT2D eigenvalue weighted by molar-refractivity contribution is 5.91. The van der Waals surface area contributed by atoms with Crippen LogP contribution in [0.4, 0.5) is 0 Å². The molecule has 0 aromatic heterocycles. The van der Waals surface area contributed by atoms with Crippen LogP contribution in [0.3, 0.4) is 0 Å². The smallest absolute Gasteiger partial charge is 0.338 e. The predicted octanol–water partition coefficient (Wildman–Crippen LogP) is 2.38. The van der Waals surface area contributed by atoms with Crippen molar-refractivity contribution in [2.75, 3.05) is 7.11 Å². The molecule has 0 amide bonds. The second-order valence-corrected chi connectivity index (χ2v) is 3.68. The molecule has 0 saturated heterocycles. The van der Waals surface area contributed by atoms with E-state index in [-0.39, 0.29) is 5.97 Å². The van der Waals surface area contributed by atoms with Crippen molar-refractivity contribution in [3.63, 3.8) is 0 Å². The van der Waals surface area contributed by atoms with Gasteiger partial charge in [-0.15, -0.1) is 0 Å². The summed E-state index contributed by atoms with van der Waals surface area (Å²) in [7, 11) is 1.36. The molecule has 0 atom stereocenters. The van der Waals surface area contributed by atoms with E-state index >= 15 is 0 Å². The highest BCUT2D eigenvalue weighted by atomic mass is 16.5. The summed E-state index contributed by atoms with van der Waals surface area (Å²) >= 11 is 0. The SMILES string of the molecule is [C-]#[N+]C1(c2ccccc2C(=O)OC)CC1. The summed E-state index contributed by atoms with van der Waals surface area (Å²) in [6.07, 6.45) is 1.68. The second kappa shape index (κ2) is 3.39. The molecule has 1 aliphatic rings. The van der Waals surface area contributed by atoms with E-state index in [0.717, 1.165) is 18.4 Å². The van der Waals surface area contributed by atoms with Crippen LogP contribution in [0.1, 0.15) is 28.8 Å². The number of carbonyl (C=O) groups excluding carboxylic acids is 1. The van der Waals surface area contributed by atoms with E-state index in [9.17, 15) is 4.79 Å². The van der Waals surface area contributed by atoms with E-state index in [4.69, 9.17) is 11.3 Å². The van der Waals surface area contributed by atoms with Gasteiger partial charge in [-0.25, -0.2) is 11.4 Å². The van der Waals surface area contributed by atoms with Gasteiger partial charge in [0.15, 0.2) is 0 Å². The largest absolute Gasteiger partial charge is 0.465 e. The molecule has 3 heteroatoms. The van der Waals surface area contributed by atoms with Gasteiger partial charge < -0.3 is 9.58 Å². The van der Waals surface area contributed by atoms with Gasteiger partial charge in [0.05, 0.1) is 18.2 Å². The van der Waals surface area contributed by atoms with Crippen LogP contribution < -0.4 is 0 Å². The lowest BCUT2D eigenvalue weighted by Crippen LogP contribution is -2.11. The van der Waals surface area contributed by atoms with Crippen LogP contribution in [0.25, 0.3) is 4.85 Å². The zero-order valence-corrected chi connectivity index (χ0v) is 8.49. The molecule has 1 aromatic rings. The van der Waals surface area contributed by atoms with E-state index in [2.05, 4.69) is 4.85 Å². The highest BCUT2D eigenvalue weighted by Gasteiger charge is 2.54. The van der Waals surface area contributed by atoms with Crippen LogP contribution in [0.2, 0.25) is 0 Å². The molecular formula is C12H11NO2. The van der Waals surface area contributed by atoms with Gasteiger partial charge in [-0.1, -0.05) is 18.2 Å². The zero-order chi connectivity index (χ0) is 10.9. The van der Waals surface area contributed by atoms with Gasteiger partial charge in [0.1, 0.15) is 0 Å². The van der Waals surface area contributed by atoms with E-state index in [1.807, 2.05) is 12.1 Å². The third-order valence-corrected chi connectivity index (χ3v) is 2.77. The van der Waals surface area contributed by atoms with Crippen molar-refractivity contribution in [1.29, 1.82) is 0 Å². The van der Waals surface area contributed by atoms with Gasteiger partial charge in [-0.2, -0.15) is 0 Å². The number of esters is 1. The Kier molecular flexibility index (Phi) is 2.20. The van der Waals surface area contributed by atoms with E-state index in [1.165, 1.54) is 7.11 Å². The Hall–Kier alpha value is -1.82. The molecule has 0 spiro atoms. The highest BCUT2D eigenvalue weighted by Crippen LogP contribution is 2.50. The maximum Gasteiger partial charge on any atom is 0.338 e. The number of ether oxygens (including phenoxy) is 1. The normalized spacial score (nSPS) is 16.5. The van der Waals surface area contributed by atoms with Crippen molar-refractivity contribution in [2.45, 2.75) is 18.4 Å². The second-order valence-electron chi connectivity index (χ2n) is 3.68. The van der Waals surface area contributed by atoms with Crippen LogP contribution in [0.5, 0.6) is 0 Å². The van der Waals surface area contributed by atoms with E-state index in [1.54, 1.807) is 12.1 Å². The third kappa shape index (κ3) is 1.48. The quantitative estimate of drug-likeness (QED) is 0.543. The molecule has 1 aliphatic carbocycles. The first-order chi connectivity index (χ1) is 7.23. The number of methoxy groups -OCH3 is 1. The molecule has 0 heterocycles. The number of carbonyl (C=O) groups is 1. The number of rotatable bonds is 2. The lowest BCUT2D eigenvalue weighted by Gasteiger charge is -2.08. The molecule has 15 heavy (non-hydrogen) atoms. The van der Waals surface area contributed by atoms with Crippen LogP contribution in [0, 0.1) is 6.57 Å². The fourth-order valence-corrected chi connectivity index (χ4v) is 1.74. The first-order valence-electron chi connectivity index (χ1n) is 4.80. The van der Waals surface area contributed by atoms with E-state index < -0.39 is 5.54 Å². The van der Waals surface area contributed by atoms with Crippen molar-refractivity contribution in [3.05, 3.63) is 46.8 Å². The molecule has 1 aromatic carbocycles. The first kappa shape index (κ1) is 9.72. The van der Waals surface area contributed by atoms with Crippen LogP contribution in [-0.4, -0.2) is 13.1 Å². The number of nitrogens with zero attached hydrogens (tertiary/aromatic N) is 1. The standard InChI is InChI=1S/C12H11NO2/c1-13-12(7-8-12)10-6-4-3-5-9(10)11(14)15-2/h3-6H,7-8H2,2H3. The molecule has 0 radical (unpaired) electrons. The summed E-state index contributed by atoms with van der Waals surface area (Å²) < 4.78 is 4.70. The molecule has 76 valence electrons. The number of hydrogen-bond donors (Lipinski definition) is 0. The van der Waals surface area contributed by atoms with Crippen LogP contribution >= 0.6 is 0 Å². The van der Waals surface area contributed by atoms with Gasteiger partial charge in [0.25, 0.3) is 5.54 Å². The Bertz CT molecular complexity index is 441. The lowest BCUT2D eigenvalue weighted by atomic mass is 9.99. The summed E-state index contributed by atoms with van der Waals surface area (Å²) in [5, 5.41) is 0. The Morgan fingerprint density at radius 2 is 2.13 bits per heavy atom. The average Bonchev–Trinajstić information content (AvgIpc) is 3.09. The average molecular weight is 201 g/mol. The monoisotopic (exact) mass is 201 g/mol. The zero-order valence-electron chi connectivity index (χ0n) is 8.49. The third-order valence-electron chi connectivity index (χ3n) is 2.77. The maximum atomic E-state index is 11.5.